The number of methoxy groups -OCH3 is 1. The summed E-state index contributed by atoms with van der Waals surface area (Å²) in [4.78, 5) is 27.1. The van der Waals surface area contributed by atoms with Crippen LogP contribution in [0.3, 0.4) is 0 Å². The normalized spacial score (nSPS) is 18.7. The molecule has 1 aliphatic rings. The lowest BCUT2D eigenvalue weighted by Crippen LogP contribution is -2.32. The number of hydrogen-bond donors (Lipinski definition) is 1. The van der Waals surface area contributed by atoms with Crippen LogP contribution in [0.5, 0.6) is 0 Å². The first-order valence-electron chi connectivity index (χ1n) is 9.79. The van der Waals surface area contributed by atoms with Gasteiger partial charge in [0.05, 0.1) is 18.2 Å². The fraction of sp³-hybridized carbons (Fsp3) is 0.333. The van der Waals surface area contributed by atoms with Crippen molar-refractivity contribution < 1.29 is 19.4 Å². The van der Waals surface area contributed by atoms with Crippen molar-refractivity contribution in [2.45, 2.75) is 32.7 Å². The lowest BCUT2D eigenvalue weighted by Gasteiger charge is -2.25. The number of hydrogen-bond acceptors (Lipinski definition) is 4. The number of nitrogens with zero attached hydrogens (tertiary/aromatic N) is 1. The van der Waals surface area contributed by atoms with Crippen LogP contribution in [0.25, 0.3) is 5.76 Å². The average molecular weight is 393 g/mol. The van der Waals surface area contributed by atoms with Gasteiger partial charge in [0.25, 0.3) is 11.7 Å². The maximum absolute atomic E-state index is 12.9. The van der Waals surface area contributed by atoms with E-state index in [1.807, 2.05) is 43.3 Å². The van der Waals surface area contributed by atoms with E-state index in [1.54, 1.807) is 19.2 Å². The third-order valence-electron chi connectivity index (χ3n) is 5.32. The molecule has 0 radical (unpaired) electrons. The molecule has 1 fully saturated rings. The van der Waals surface area contributed by atoms with Crippen LogP contribution in [-0.4, -0.2) is 42.0 Å². The Bertz CT molecular complexity index is 926. The molecular weight excluding hydrogens is 366 g/mol. The zero-order valence-corrected chi connectivity index (χ0v) is 17.3. The fourth-order valence-electron chi connectivity index (χ4n) is 3.58. The molecule has 1 amide bonds. The molecule has 2 aromatic rings. The number of ketones is 1. The van der Waals surface area contributed by atoms with Gasteiger partial charge < -0.3 is 14.7 Å². The van der Waals surface area contributed by atoms with Gasteiger partial charge in [-0.2, -0.15) is 0 Å². The van der Waals surface area contributed by atoms with Gasteiger partial charge in [-0.05, 0) is 24.0 Å². The first-order chi connectivity index (χ1) is 13.8. The molecule has 0 bridgehead atoms. The molecular formula is C24H27NO4. The van der Waals surface area contributed by atoms with Gasteiger partial charge in [-0.1, -0.05) is 67.9 Å². The van der Waals surface area contributed by atoms with Crippen LogP contribution in [0.1, 0.15) is 48.1 Å². The van der Waals surface area contributed by atoms with Crippen molar-refractivity contribution in [1.82, 2.24) is 4.90 Å². The Labute approximate surface area is 171 Å². The Morgan fingerprint density at radius 2 is 1.69 bits per heavy atom. The van der Waals surface area contributed by atoms with E-state index in [0.29, 0.717) is 18.1 Å². The second-order valence-corrected chi connectivity index (χ2v) is 7.67. The molecule has 1 aliphatic heterocycles. The van der Waals surface area contributed by atoms with E-state index in [0.717, 1.165) is 11.1 Å². The highest BCUT2D eigenvalue weighted by Gasteiger charge is 2.45. The van der Waals surface area contributed by atoms with E-state index in [9.17, 15) is 14.7 Å². The van der Waals surface area contributed by atoms with Crippen LogP contribution in [0.4, 0.5) is 0 Å². The molecule has 2 aromatic carbocycles. The first-order valence-corrected chi connectivity index (χ1v) is 9.79. The van der Waals surface area contributed by atoms with Crippen LogP contribution >= 0.6 is 0 Å². The first kappa shape index (κ1) is 20.8. The number of carbonyl (C=O) groups is 2. The number of benzene rings is 2. The van der Waals surface area contributed by atoms with Gasteiger partial charge in [-0.25, -0.2) is 0 Å². The Hall–Kier alpha value is -2.92. The van der Waals surface area contributed by atoms with Gasteiger partial charge in [-0.3, -0.25) is 9.59 Å². The fourth-order valence-corrected chi connectivity index (χ4v) is 3.58. The third kappa shape index (κ3) is 4.10. The monoisotopic (exact) mass is 393 g/mol. The molecule has 5 heteroatoms. The van der Waals surface area contributed by atoms with E-state index in [1.165, 1.54) is 10.5 Å². The minimum absolute atomic E-state index is 0.118. The number of ether oxygens (including phenoxy) is 1. The molecule has 1 heterocycles. The van der Waals surface area contributed by atoms with Gasteiger partial charge in [0.15, 0.2) is 0 Å². The van der Waals surface area contributed by atoms with E-state index in [-0.39, 0.29) is 17.9 Å². The summed E-state index contributed by atoms with van der Waals surface area (Å²) in [6.45, 7) is 6.73. The van der Waals surface area contributed by atoms with E-state index in [2.05, 4.69) is 13.8 Å². The van der Waals surface area contributed by atoms with Crippen LogP contribution in [-0.2, 0) is 14.3 Å². The molecule has 1 saturated heterocycles. The number of Topliss-reactive ketones (excluding diaryl/α,β-unsaturated/α-hetero) is 1. The molecule has 5 nitrogen and oxygen atoms in total. The highest BCUT2D eigenvalue weighted by atomic mass is 16.5. The van der Waals surface area contributed by atoms with Crippen LogP contribution < -0.4 is 0 Å². The molecule has 3 rings (SSSR count). The maximum atomic E-state index is 12.9. The predicted molar refractivity (Wildman–Crippen MR) is 113 cm³/mol. The van der Waals surface area contributed by atoms with E-state index in [4.69, 9.17) is 4.74 Å². The Morgan fingerprint density at radius 3 is 2.24 bits per heavy atom. The summed E-state index contributed by atoms with van der Waals surface area (Å²) in [6, 6.07) is 14.4. The smallest absolute Gasteiger partial charge is 0.295 e. The summed E-state index contributed by atoms with van der Waals surface area (Å²) in [5.41, 5.74) is 3.64. The molecule has 152 valence electrons. The molecule has 1 atom stereocenters. The second kappa shape index (κ2) is 8.62. The van der Waals surface area contributed by atoms with Gasteiger partial charge in [-0.15, -0.1) is 0 Å². The molecule has 0 aromatic heterocycles. The standard InChI is InChI=1S/C24H27NO4/c1-15(2)17-9-11-18(12-10-17)21-20(22(26)19-7-5-16(3)6-8-19)23(27)24(28)25(21)13-14-29-4/h5-12,15,21,26H,13-14H2,1-4H3. The van der Waals surface area contributed by atoms with Gasteiger partial charge in [0.2, 0.25) is 0 Å². The highest BCUT2D eigenvalue weighted by Crippen LogP contribution is 2.39. The zero-order valence-electron chi connectivity index (χ0n) is 17.3. The number of aryl methyl sites for hydroxylation is 1. The summed E-state index contributed by atoms with van der Waals surface area (Å²) in [6.07, 6.45) is 0. The molecule has 1 N–H and O–H groups in total. The van der Waals surface area contributed by atoms with Crippen molar-refractivity contribution in [2.75, 3.05) is 20.3 Å². The van der Waals surface area contributed by atoms with Gasteiger partial charge in [0, 0.05) is 19.2 Å². The summed E-state index contributed by atoms with van der Waals surface area (Å²) >= 11 is 0. The van der Waals surface area contributed by atoms with Crippen LogP contribution in [0.2, 0.25) is 0 Å². The predicted octanol–water partition coefficient (Wildman–Crippen LogP) is 4.19. The summed E-state index contributed by atoms with van der Waals surface area (Å²) in [5.74, 6) is -1.07. The van der Waals surface area contributed by atoms with Crippen molar-refractivity contribution in [2.24, 2.45) is 0 Å². The summed E-state index contributed by atoms with van der Waals surface area (Å²) < 4.78 is 5.13. The van der Waals surface area contributed by atoms with E-state index >= 15 is 0 Å². The van der Waals surface area contributed by atoms with Crippen molar-refractivity contribution in [3.8, 4) is 0 Å². The minimum atomic E-state index is -0.669. The molecule has 0 saturated carbocycles. The molecule has 0 aliphatic carbocycles. The highest BCUT2D eigenvalue weighted by molar-refractivity contribution is 6.46. The van der Waals surface area contributed by atoms with Crippen LogP contribution in [0, 0.1) is 6.92 Å². The average Bonchev–Trinajstić information content (AvgIpc) is 2.97. The number of amides is 1. The van der Waals surface area contributed by atoms with E-state index < -0.39 is 17.7 Å². The number of aliphatic hydroxyl groups is 1. The molecule has 29 heavy (non-hydrogen) atoms. The second-order valence-electron chi connectivity index (χ2n) is 7.67. The van der Waals surface area contributed by atoms with Gasteiger partial charge in [0.1, 0.15) is 5.76 Å². The zero-order chi connectivity index (χ0) is 21.1. The lowest BCUT2D eigenvalue weighted by atomic mass is 9.93. The lowest BCUT2D eigenvalue weighted by molar-refractivity contribution is -0.140. The summed E-state index contributed by atoms with van der Waals surface area (Å²) in [7, 11) is 1.55. The third-order valence-corrected chi connectivity index (χ3v) is 5.32. The van der Waals surface area contributed by atoms with Crippen molar-refractivity contribution in [1.29, 1.82) is 0 Å². The minimum Gasteiger partial charge on any atom is -0.507 e. The Kier molecular flexibility index (Phi) is 6.18. The van der Waals surface area contributed by atoms with Crippen molar-refractivity contribution in [3.63, 3.8) is 0 Å². The number of aliphatic hydroxyl groups excluding tert-OH is 1. The quantitative estimate of drug-likeness (QED) is 0.454. The maximum Gasteiger partial charge on any atom is 0.295 e. The molecule has 1 unspecified atom stereocenters. The van der Waals surface area contributed by atoms with Crippen LogP contribution in [0.15, 0.2) is 54.1 Å². The Balaban J connectivity index is 2.13. The molecule has 0 spiro atoms. The van der Waals surface area contributed by atoms with Gasteiger partial charge >= 0.3 is 0 Å². The van der Waals surface area contributed by atoms with Crippen molar-refractivity contribution >= 4 is 17.4 Å². The largest absolute Gasteiger partial charge is 0.507 e. The topological polar surface area (TPSA) is 66.8 Å². The summed E-state index contributed by atoms with van der Waals surface area (Å²) in [5, 5.41) is 11.0. The number of likely N-dealkylation sites (tertiary alicyclic amines) is 1. The number of rotatable bonds is 6. The Morgan fingerprint density at radius 1 is 1.07 bits per heavy atom. The number of carbonyl (C=O) groups excluding carboxylic acids is 2. The van der Waals surface area contributed by atoms with Crippen molar-refractivity contribution in [3.05, 3.63) is 76.4 Å². The SMILES string of the molecule is COCCN1C(=O)C(=O)C(=C(O)c2ccc(C)cc2)C1c1ccc(C(C)C)cc1.